The van der Waals surface area contributed by atoms with Crippen LogP contribution in [-0.4, -0.2) is 10.9 Å². The van der Waals surface area contributed by atoms with E-state index in [4.69, 9.17) is 0 Å². The van der Waals surface area contributed by atoms with Gasteiger partial charge in [-0.15, -0.1) is 0 Å². The molecular formula is C16H17FN2O. The molecule has 1 N–H and O–H groups in total. The minimum absolute atomic E-state index is 0.0852. The van der Waals surface area contributed by atoms with Gasteiger partial charge < -0.3 is 5.32 Å². The molecule has 1 heterocycles. The molecule has 0 aliphatic rings. The molecule has 0 spiro atoms. The average molecular weight is 272 g/mol. The van der Waals surface area contributed by atoms with E-state index in [9.17, 15) is 9.18 Å². The first-order valence-corrected chi connectivity index (χ1v) is 6.62. The average Bonchev–Trinajstić information content (AvgIpc) is 2.47. The zero-order valence-electron chi connectivity index (χ0n) is 11.6. The largest absolute Gasteiger partial charge is 0.344 e. The summed E-state index contributed by atoms with van der Waals surface area (Å²) in [7, 11) is 0. The van der Waals surface area contributed by atoms with Crippen molar-refractivity contribution in [2.24, 2.45) is 0 Å². The second-order valence-corrected chi connectivity index (χ2v) is 4.64. The van der Waals surface area contributed by atoms with Crippen molar-refractivity contribution in [1.29, 1.82) is 0 Å². The fourth-order valence-electron chi connectivity index (χ4n) is 1.93. The molecule has 20 heavy (non-hydrogen) atoms. The number of nitrogens with zero attached hydrogens (tertiary/aromatic N) is 1. The summed E-state index contributed by atoms with van der Waals surface area (Å²) in [6, 6.07) is 12.1. The summed E-state index contributed by atoms with van der Waals surface area (Å²) < 4.78 is 13.0. The van der Waals surface area contributed by atoms with Crippen LogP contribution < -0.4 is 5.32 Å². The summed E-state index contributed by atoms with van der Waals surface area (Å²) in [4.78, 5) is 15.5. The van der Waals surface area contributed by atoms with Crippen LogP contribution in [0.2, 0.25) is 0 Å². The molecule has 0 saturated carbocycles. The molecule has 104 valence electrons. The van der Waals surface area contributed by atoms with Crippen molar-refractivity contribution in [2.75, 3.05) is 0 Å². The second kappa shape index (κ2) is 6.28. The van der Waals surface area contributed by atoms with Crippen molar-refractivity contribution in [3.05, 3.63) is 65.2 Å². The van der Waals surface area contributed by atoms with Crippen LogP contribution in [0.3, 0.4) is 0 Å². The number of carbonyl (C=O) groups excluding carboxylic acids is 1. The smallest absolute Gasteiger partial charge is 0.270 e. The van der Waals surface area contributed by atoms with Crippen LogP contribution in [0.25, 0.3) is 0 Å². The van der Waals surface area contributed by atoms with Gasteiger partial charge in [0.05, 0.1) is 6.04 Å². The molecule has 0 saturated heterocycles. The van der Waals surface area contributed by atoms with E-state index < -0.39 is 5.95 Å². The quantitative estimate of drug-likeness (QED) is 0.868. The Morgan fingerprint density at radius 2 is 1.95 bits per heavy atom. The Balaban J connectivity index is 2.06. The number of benzene rings is 1. The van der Waals surface area contributed by atoms with E-state index in [-0.39, 0.29) is 17.6 Å². The maximum absolute atomic E-state index is 13.0. The number of rotatable bonds is 4. The van der Waals surface area contributed by atoms with Crippen LogP contribution in [0.15, 0.2) is 42.5 Å². The fraction of sp³-hybridized carbons (Fsp3) is 0.250. The van der Waals surface area contributed by atoms with Crippen LogP contribution >= 0.6 is 0 Å². The lowest BCUT2D eigenvalue weighted by Crippen LogP contribution is -2.27. The summed E-state index contributed by atoms with van der Waals surface area (Å²) >= 11 is 0. The number of halogens is 1. The Labute approximate surface area is 117 Å². The highest BCUT2D eigenvalue weighted by Crippen LogP contribution is 2.14. The highest BCUT2D eigenvalue weighted by molar-refractivity contribution is 5.92. The van der Waals surface area contributed by atoms with Crippen LogP contribution in [0, 0.1) is 5.95 Å². The van der Waals surface area contributed by atoms with Crippen LogP contribution in [0.5, 0.6) is 0 Å². The summed E-state index contributed by atoms with van der Waals surface area (Å²) in [5.41, 5.74) is 2.34. The number of aryl methyl sites for hydroxylation is 1. The maximum Gasteiger partial charge on any atom is 0.270 e. The molecule has 1 amide bonds. The van der Waals surface area contributed by atoms with E-state index in [1.807, 2.05) is 31.2 Å². The normalized spacial score (nSPS) is 11.9. The van der Waals surface area contributed by atoms with Gasteiger partial charge in [-0.3, -0.25) is 4.79 Å². The van der Waals surface area contributed by atoms with E-state index in [1.165, 1.54) is 23.8 Å². The molecule has 1 aromatic heterocycles. The Kier molecular flexibility index (Phi) is 4.45. The number of hydrogen-bond donors (Lipinski definition) is 1. The van der Waals surface area contributed by atoms with Crippen molar-refractivity contribution in [1.82, 2.24) is 10.3 Å². The Morgan fingerprint density at radius 3 is 2.55 bits per heavy atom. The molecule has 0 aliphatic carbocycles. The lowest BCUT2D eigenvalue weighted by molar-refractivity contribution is 0.0933. The number of amides is 1. The van der Waals surface area contributed by atoms with Gasteiger partial charge in [-0.25, -0.2) is 4.98 Å². The lowest BCUT2D eigenvalue weighted by Gasteiger charge is -2.14. The van der Waals surface area contributed by atoms with Gasteiger partial charge in [-0.05, 0) is 36.6 Å². The van der Waals surface area contributed by atoms with Gasteiger partial charge in [0, 0.05) is 0 Å². The summed E-state index contributed by atoms with van der Waals surface area (Å²) in [6.07, 6.45) is 0.980. The third-order valence-corrected chi connectivity index (χ3v) is 3.18. The van der Waals surface area contributed by atoms with Crippen molar-refractivity contribution in [2.45, 2.75) is 26.3 Å². The van der Waals surface area contributed by atoms with E-state index in [0.29, 0.717) is 0 Å². The zero-order chi connectivity index (χ0) is 14.5. The van der Waals surface area contributed by atoms with Crippen molar-refractivity contribution >= 4 is 5.91 Å². The van der Waals surface area contributed by atoms with Gasteiger partial charge in [-0.2, -0.15) is 4.39 Å². The number of hydrogen-bond acceptors (Lipinski definition) is 2. The fourth-order valence-corrected chi connectivity index (χ4v) is 1.93. The molecule has 0 bridgehead atoms. The number of aromatic nitrogens is 1. The highest BCUT2D eigenvalue weighted by Gasteiger charge is 2.12. The predicted octanol–water partition coefficient (Wildman–Crippen LogP) is 3.27. The van der Waals surface area contributed by atoms with Crippen molar-refractivity contribution < 1.29 is 9.18 Å². The van der Waals surface area contributed by atoms with Gasteiger partial charge in [0.1, 0.15) is 5.69 Å². The lowest BCUT2D eigenvalue weighted by atomic mass is 10.0. The van der Waals surface area contributed by atoms with Crippen molar-refractivity contribution in [3.63, 3.8) is 0 Å². The van der Waals surface area contributed by atoms with Crippen LogP contribution in [0.1, 0.15) is 41.5 Å². The Hall–Kier alpha value is -2.23. The van der Waals surface area contributed by atoms with Crippen LogP contribution in [0.4, 0.5) is 4.39 Å². The molecule has 0 fully saturated rings. The van der Waals surface area contributed by atoms with Crippen LogP contribution in [-0.2, 0) is 6.42 Å². The number of nitrogens with one attached hydrogen (secondary N) is 1. The zero-order valence-corrected chi connectivity index (χ0v) is 11.6. The molecule has 1 aromatic carbocycles. The second-order valence-electron chi connectivity index (χ2n) is 4.64. The first kappa shape index (κ1) is 14.2. The monoisotopic (exact) mass is 272 g/mol. The molecule has 2 aromatic rings. The first-order valence-electron chi connectivity index (χ1n) is 6.62. The Morgan fingerprint density at radius 1 is 1.25 bits per heavy atom. The van der Waals surface area contributed by atoms with Gasteiger partial charge in [0.15, 0.2) is 0 Å². The topological polar surface area (TPSA) is 42.0 Å². The first-order chi connectivity index (χ1) is 9.60. The Bertz CT molecular complexity index is 596. The van der Waals surface area contributed by atoms with Gasteiger partial charge in [0.2, 0.25) is 5.95 Å². The minimum atomic E-state index is -0.655. The van der Waals surface area contributed by atoms with E-state index in [2.05, 4.69) is 17.2 Å². The maximum atomic E-state index is 13.0. The molecule has 1 atom stereocenters. The number of carbonyl (C=O) groups is 1. The molecule has 4 heteroatoms. The van der Waals surface area contributed by atoms with Gasteiger partial charge in [0.25, 0.3) is 5.91 Å². The standard InChI is InChI=1S/C16H17FN2O/c1-3-12-7-9-13(10-8-12)11(2)18-16(20)14-5-4-6-15(17)19-14/h4-11H,3H2,1-2H3,(H,18,20). The summed E-state index contributed by atoms with van der Waals surface area (Å²) in [5.74, 6) is -1.03. The van der Waals surface area contributed by atoms with E-state index in [1.54, 1.807) is 0 Å². The van der Waals surface area contributed by atoms with E-state index >= 15 is 0 Å². The molecule has 0 radical (unpaired) electrons. The molecular weight excluding hydrogens is 255 g/mol. The SMILES string of the molecule is CCc1ccc(C(C)NC(=O)c2cccc(F)n2)cc1. The summed E-state index contributed by atoms with van der Waals surface area (Å²) in [6.45, 7) is 3.98. The molecule has 1 unspecified atom stereocenters. The molecule has 3 nitrogen and oxygen atoms in total. The third-order valence-electron chi connectivity index (χ3n) is 3.18. The summed E-state index contributed by atoms with van der Waals surface area (Å²) in [5, 5.41) is 2.81. The highest BCUT2D eigenvalue weighted by atomic mass is 19.1. The van der Waals surface area contributed by atoms with Gasteiger partial charge in [-0.1, -0.05) is 37.3 Å². The third kappa shape index (κ3) is 3.41. The predicted molar refractivity (Wildman–Crippen MR) is 75.9 cm³/mol. The number of pyridine rings is 1. The van der Waals surface area contributed by atoms with Crippen molar-refractivity contribution in [3.8, 4) is 0 Å². The molecule has 0 aliphatic heterocycles. The van der Waals surface area contributed by atoms with E-state index in [0.717, 1.165) is 12.0 Å². The van der Waals surface area contributed by atoms with Gasteiger partial charge >= 0.3 is 0 Å². The molecule has 2 rings (SSSR count). The minimum Gasteiger partial charge on any atom is -0.344 e.